The van der Waals surface area contributed by atoms with Crippen LogP contribution in [-0.2, 0) is 27.0 Å². The molecular weight excluding hydrogens is 401 g/mol. The van der Waals surface area contributed by atoms with Gasteiger partial charge in [-0.25, -0.2) is 9.59 Å². The van der Waals surface area contributed by atoms with E-state index in [9.17, 15) is 22.8 Å². The summed E-state index contributed by atoms with van der Waals surface area (Å²) in [4.78, 5) is 26.2. The molecule has 30 heavy (non-hydrogen) atoms. The Labute approximate surface area is 174 Å². The van der Waals surface area contributed by atoms with Crippen LogP contribution < -0.4 is 5.32 Å². The highest BCUT2D eigenvalue weighted by Gasteiger charge is 2.31. The fourth-order valence-electron chi connectivity index (χ4n) is 2.87. The number of amides is 1. The quantitative estimate of drug-likeness (QED) is 0.710. The van der Waals surface area contributed by atoms with Gasteiger partial charge in [-0.3, -0.25) is 0 Å². The summed E-state index contributed by atoms with van der Waals surface area (Å²) < 4.78 is 48.6. The van der Waals surface area contributed by atoms with Crippen molar-refractivity contribution in [3.05, 3.63) is 46.7 Å². The number of halogens is 3. The molecule has 0 unspecified atom stereocenters. The Hall–Kier alpha value is -2.71. The van der Waals surface area contributed by atoms with Gasteiger partial charge in [-0.1, -0.05) is 12.1 Å². The lowest BCUT2D eigenvalue weighted by molar-refractivity contribution is -0.139. The zero-order valence-electron chi connectivity index (χ0n) is 17.6. The van der Waals surface area contributed by atoms with E-state index in [1.165, 1.54) is 17.0 Å². The first-order valence-electron chi connectivity index (χ1n) is 9.67. The molecule has 0 radical (unpaired) electrons. The molecule has 1 aromatic rings. The fourth-order valence-corrected chi connectivity index (χ4v) is 2.87. The Morgan fingerprint density at radius 1 is 1.13 bits per heavy atom. The monoisotopic (exact) mass is 428 g/mol. The first kappa shape index (κ1) is 23.6. The summed E-state index contributed by atoms with van der Waals surface area (Å²) in [6, 6.07) is 4.80. The van der Waals surface area contributed by atoms with Crippen LogP contribution in [0.15, 0.2) is 35.5 Å². The van der Waals surface area contributed by atoms with Crippen molar-refractivity contribution in [1.82, 2.24) is 10.2 Å². The highest BCUT2D eigenvalue weighted by atomic mass is 19.4. The first-order chi connectivity index (χ1) is 13.9. The molecule has 0 aromatic heterocycles. The molecule has 9 heteroatoms. The summed E-state index contributed by atoms with van der Waals surface area (Å²) in [5.41, 5.74) is 0.164. The smallest absolute Gasteiger partial charge is 0.416 e. The van der Waals surface area contributed by atoms with Gasteiger partial charge in [0.15, 0.2) is 0 Å². The Morgan fingerprint density at radius 2 is 1.77 bits per heavy atom. The lowest BCUT2D eigenvalue weighted by Crippen LogP contribution is -2.43. The van der Waals surface area contributed by atoms with E-state index >= 15 is 0 Å². The molecule has 0 saturated carbocycles. The third-order valence-corrected chi connectivity index (χ3v) is 4.31. The maximum absolute atomic E-state index is 12.7. The van der Waals surface area contributed by atoms with Crippen LogP contribution in [0, 0.1) is 0 Å². The average molecular weight is 428 g/mol. The Bertz CT molecular complexity index is 796. The van der Waals surface area contributed by atoms with Crippen LogP contribution >= 0.6 is 0 Å². The standard InChI is InChI=1S/C21H27F3N2O4/c1-5-29-18(27)16-13-26(19(28)30-20(2,3)4)11-10-17(16)25-12-14-6-8-15(9-7-14)21(22,23)24/h6-9,25H,5,10-13H2,1-4H3. The molecule has 0 saturated heterocycles. The van der Waals surface area contributed by atoms with E-state index in [4.69, 9.17) is 9.47 Å². The molecular formula is C21H27F3N2O4. The molecule has 0 spiro atoms. The Kier molecular flexibility index (Phi) is 7.39. The number of hydrogen-bond donors (Lipinski definition) is 1. The van der Waals surface area contributed by atoms with Crippen LogP contribution in [-0.4, -0.2) is 42.3 Å². The summed E-state index contributed by atoms with van der Waals surface area (Å²) in [5, 5.41) is 3.11. The molecule has 1 N–H and O–H groups in total. The van der Waals surface area contributed by atoms with Crippen molar-refractivity contribution in [2.75, 3.05) is 19.7 Å². The zero-order chi connectivity index (χ0) is 22.5. The second kappa shape index (κ2) is 9.40. The van der Waals surface area contributed by atoms with Gasteiger partial charge in [0.1, 0.15) is 5.60 Å². The number of nitrogens with zero attached hydrogens (tertiary/aromatic N) is 1. The highest BCUT2D eigenvalue weighted by molar-refractivity contribution is 5.90. The molecule has 166 valence electrons. The van der Waals surface area contributed by atoms with E-state index in [2.05, 4.69) is 5.32 Å². The van der Waals surface area contributed by atoms with E-state index in [0.29, 0.717) is 29.8 Å². The topological polar surface area (TPSA) is 67.9 Å². The van der Waals surface area contributed by atoms with Crippen LogP contribution in [0.25, 0.3) is 0 Å². The second-order valence-corrected chi connectivity index (χ2v) is 7.88. The van der Waals surface area contributed by atoms with Gasteiger partial charge in [0.2, 0.25) is 0 Å². The van der Waals surface area contributed by atoms with Crippen molar-refractivity contribution in [3.63, 3.8) is 0 Å². The molecule has 1 aliphatic heterocycles. The van der Waals surface area contributed by atoms with Gasteiger partial charge in [0.25, 0.3) is 0 Å². The minimum Gasteiger partial charge on any atom is -0.463 e. The summed E-state index contributed by atoms with van der Waals surface area (Å²) in [6.45, 7) is 7.75. The number of rotatable bonds is 5. The SMILES string of the molecule is CCOC(=O)C1=C(NCc2ccc(C(F)(F)F)cc2)CCN(C(=O)OC(C)(C)C)C1. The number of esters is 1. The second-order valence-electron chi connectivity index (χ2n) is 7.88. The maximum atomic E-state index is 12.7. The minimum atomic E-state index is -4.39. The number of benzene rings is 1. The van der Waals surface area contributed by atoms with E-state index < -0.39 is 29.4 Å². The van der Waals surface area contributed by atoms with Crippen molar-refractivity contribution < 1.29 is 32.2 Å². The molecule has 1 aromatic carbocycles. The van der Waals surface area contributed by atoms with Crippen LogP contribution in [0.5, 0.6) is 0 Å². The lowest BCUT2D eigenvalue weighted by Gasteiger charge is -2.32. The highest BCUT2D eigenvalue weighted by Crippen LogP contribution is 2.29. The Balaban J connectivity index is 2.13. The third kappa shape index (κ3) is 6.67. The number of carbonyl (C=O) groups is 2. The molecule has 1 aliphatic rings. The number of alkyl halides is 3. The van der Waals surface area contributed by atoms with Gasteiger partial charge < -0.3 is 19.7 Å². The van der Waals surface area contributed by atoms with Crippen molar-refractivity contribution >= 4 is 12.1 Å². The normalized spacial score (nSPS) is 15.1. The van der Waals surface area contributed by atoms with Gasteiger partial charge in [0.05, 0.1) is 24.3 Å². The van der Waals surface area contributed by atoms with Crippen LogP contribution in [0.4, 0.5) is 18.0 Å². The molecule has 1 amide bonds. The lowest BCUT2D eigenvalue weighted by atomic mass is 10.1. The number of nitrogens with one attached hydrogen (secondary N) is 1. The van der Waals surface area contributed by atoms with Gasteiger partial charge in [0, 0.05) is 25.2 Å². The third-order valence-electron chi connectivity index (χ3n) is 4.31. The summed E-state index contributed by atoms with van der Waals surface area (Å²) >= 11 is 0. The summed E-state index contributed by atoms with van der Waals surface area (Å²) in [7, 11) is 0. The summed E-state index contributed by atoms with van der Waals surface area (Å²) in [5.74, 6) is -0.541. The van der Waals surface area contributed by atoms with E-state index in [1.54, 1.807) is 27.7 Å². The van der Waals surface area contributed by atoms with Gasteiger partial charge in [-0.2, -0.15) is 13.2 Å². The van der Waals surface area contributed by atoms with Gasteiger partial charge in [-0.05, 0) is 45.4 Å². The molecule has 6 nitrogen and oxygen atoms in total. The van der Waals surface area contributed by atoms with E-state index in [0.717, 1.165) is 12.1 Å². The Morgan fingerprint density at radius 3 is 2.30 bits per heavy atom. The molecule has 0 bridgehead atoms. The molecule has 0 aliphatic carbocycles. The largest absolute Gasteiger partial charge is 0.463 e. The predicted molar refractivity (Wildman–Crippen MR) is 104 cm³/mol. The molecule has 0 fully saturated rings. The molecule has 0 atom stereocenters. The summed E-state index contributed by atoms with van der Waals surface area (Å²) in [6.07, 6.45) is -4.54. The van der Waals surface area contributed by atoms with Crippen molar-refractivity contribution in [3.8, 4) is 0 Å². The molecule has 2 rings (SSSR count). The number of hydrogen-bond acceptors (Lipinski definition) is 5. The van der Waals surface area contributed by atoms with E-state index in [1.807, 2.05) is 0 Å². The zero-order valence-corrected chi connectivity index (χ0v) is 17.6. The number of carbonyl (C=O) groups excluding carboxylic acids is 2. The van der Waals surface area contributed by atoms with Crippen molar-refractivity contribution in [2.24, 2.45) is 0 Å². The van der Waals surface area contributed by atoms with Crippen LogP contribution in [0.3, 0.4) is 0 Å². The van der Waals surface area contributed by atoms with Crippen molar-refractivity contribution in [2.45, 2.75) is 52.4 Å². The van der Waals surface area contributed by atoms with Gasteiger partial charge in [-0.15, -0.1) is 0 Å². The fraction of sp³-hybridized carbons (Fsp3) is 0.524. The minimum absolute atomic E-state index is 0.0308. The van der Waals surface area contributed by atoms with Crippen LogP contribution in [0.2, 0.25) is 0 Å². The first-order valence-corrected chi connectivity index (χ1v) is 9.67. The average Bonchev–Trinajstić information content (AvgIpc) is 2.64. The van der Waals surface area contributed by atoms with E-state index in [-0.39, 0.29) is 19.7 Å². The van der Waals surface area contributed by atoms with Crippen LogP contribution in [0.1, 0.15) is 45.2 Å². The predicted octanol–water partition coefficient (Wildman–Crippen LogP) is 4.25. The number of ether oxygens (including phenoxy) is 2. The van der Waals surface area contributed by atoms with Crippen molar-refractivity contribution in [1.29, 1.82) is 0 Å². The molecule has 1 heterocycles. The van der Waals surface area contributed by atoms with Gasteiger partial charge >= 0.3 is 18.2 Å². The maximum Gasteiger partial charge on any atom is 0.416 e.